The van der Waals surface area contributed by atoms with Crippen LogP contribution in [0.2, 0.25) is 0 Å². The molecule has 3 heteroatoms. The lowest BCUT2D eigenvalue weighted by Gasteiger charge is -2.01. The third-order valence-electron chi connectivity index (χ3n) is 2.64. The topological polar surface area (TPSA) is 34.4 Å². The van der Waals surface area contributed by atoms with Crippen LogP contribution in [0.25, 0.3) is 0 Å². The Hall–Kier alpha value is -1.58. The van der Waals surface area contributed by atoms with Gasteiger partial charge in [0.1, 0.15) is 12.4 Å². The Morgan fingerprint density at radius 3 is 2.72 bits per heavy atom. The minimum Gasteiger partial charge on any atom is -0.467 e. The fourth-order valence-electron chi connectivity index (χ4n) is 1.71. The van der Waals surface area contributed by atoms with E-state index in [-0.39, 0.29) is 0 Å². The van der Waals surface area contributed by atoms with Crippen molar-refractivity contribution in [3.63, 3.8) is 0 Å². The van der Waals surface area contributed by atoms with Crippen molar-refractivity contribution in [1.82, 2.24) is 5.32 Å². The van der Waals surface area contributed by atoms with Gasteiger partial charge in [-0.15, -0.1) is 0 Å². The van der Waals surface area contributed by atoms with Gasteiger partial charge in [0, 0.05) is 12.1 Å². The second-order valence-corrected chi connectivity index (χ2v) is 4.18. The zero-order chi connectivity index (χ0) is 12.6. The largest absolute Gasteiger partial charge is 0.467 e. The van der Waals surface area contributed by atoms with Crippen molar-refractivity contribution in [2.24, 2.45) is 0 Å². The third-order valence-corrected chi connectivity index (χ3v) is 2.64. The normalized spacial score (nSPS) is 10.7. The Labute approximate surface area is 108 Å². The van der Waals surface area contributed by atoms with Crippen molar-refractivity contribution in [2.45, 2.75) is 26.7 Å². The first-order chi connectivity index (χ1) is 8.88. The number of rotatable bonds is 7. The average Bonchev–Trinajstić information content (AvgIpc) is 2.85. The molecule has 0 aliphatic rings. The van der Waals surface area contributed by atoms with E-state index in [2.05, 4.69) is 24.4 Å². The second-order valence-electron chi connectivity index (χ2n) is 4.18. The highest BCUT2D eigenvalue weighted by Crippen LogP contribution is 2.10. The molecule has 0 unspecified atom stereocenters. The molecule has 1 aromatic carbocycles. The molecule has 0 spiro atoms. The fraction of sp³-hybridized carbons (Fsp3) is 0.333. The van der Waals surface area contributed by atoms with Crippen LogP contribution >= 0.6 is 0 Å². The molecule has 1 N–H and O–H groups in total. The van der Waals surface area contributed by atoms with Crippen molar-refractivity contribution >= 4 is 0 Å². The van der Waals surface area contributed by atoms with Crippen LogP contribution in [0.5, 0.6) is 0 Å². The zero-order valence-corrected chi connectivity index (χ0v) is 10.7. The average molecular weight is 245 g/mol. The Bertz CT molecular complexity index is 451. The summed E-state index contributed by atoms with van der Waals surface area (Å²) in [6, 6.07) is 12.2. The number of nitrogens with one attached hydrogen (secondary N) is 1. The van der Waals surface area contributed by atoms with Crippen LogP contribution in [0.3, 0.4) is 0 Å². The van der Waals surface area contributed by atoms with Gasteiger partial charge in [-0.05, 0) is 18.2 Å². The second kappa shape index (κ2) is 6.99. The van der Waals surface area contributed by atoms with Gasteiger partial charge in [-0.2, -0.15) is 0 Å². The smallest absolute Gasteiger partial charge is 0.129 e. The molecular weight excluding hydrogens is 226 g/mol. The molecular formula is C15H19NO2. The number of hydrogen-bond acceptors (Lipinski definition) is 3. The van der Waals surface area contributed by atoms with E-state index in [0.29, 0.717) is 13.2 Å². The Kier molecular flexibility index (Phi) is 5.00. The van der Waals surface area contributed by atoms with Crippen molar-refractivity contribution in [1.29, 1.82) is 0 Å². The van der Waals surface area contributed by atoms with E-state index in [0.717, 1.165) is 24.4 Å². The van der Waals surface area contributed by atoms with Gasteiger partial charge in [-0.25, -0.2) is 0 Å². The first kappa shape index (κ1) is 12.9. The van der Waals surface area contributed by atoms with Crippen LogP contribution in [0, 0.1) is 0 Å². The first-order valence-electron chi connectivity index (χ1n) is 6.27. The van der Waals surface area contributed by atoms with Gasteiger partial charge in [0.15, 0.2) is 0 Å². The van der Waals surface area contributed by atoms with E-state index < -0.39 is 0 Å². The Morgan fingerprint density at radius 1 is 1.11 bits per heavy atom. The molecule has 1 aromatic heterocycles. The molecule has 0 aliphatic heterocycles. The molecule has 0 aliphatic carbocycles. The highest BCUT2D eigenvalue weighted by molar-refractivity contribution is 5.14. The van der Waals surface area contributed by atoms with E-state index in [9.17, 15) is 0 Å². The maximum atomic E-state index is 5.61. The summed E-state index contributed by atoms with van der Waals surface area (Å²) in [5, 5.41) is 3.26. The van der Waals surface area contributed by atoms with E-state index in [1.807, 2.05) is 24.3 Å². The maximum absolute atomic E-state index is 5.61. The van der Waals surface area contributed by atoms with Crippen LogP contribution in [0.4, 0.5) is 0 Å². The first-order valence-corrected chi connectivity index (χ1v) is 6.27. The van der Waals surface area contributed by atoms with Crippen molar-refractivity contribution in [2.75, 3.05) is 6.54 Å². The van der Waals surface area contributed by atoms with Gasteiger partial charge in [0.2, 0.25) is 0 Å². The SMILES string of the molecule is CCNCc1coc(COCc2ccccc2)c1. The predicted octanol–water partition coefficient (Wildman–Crippen LogP) is 3.11. The fourth-order valence-corrected chi connectivity index (χ4v) is 1.71. The van der Waals surface area contributed by atoms with E-state index in [4.69, 9.17) is 9.15 Å². The summed E-state index contributed by atoms with van der Waals surface area (Å²) in [7, 11) is 0. The minimum atomic E-state index is 0.515. The van der Waals surface area contributed by atoms with E-state index >= 15 is 0 Å². The molecule has 2 rings (SSSR count). The van der Waals surface area contributed by atoms with Crippen LogP contribution in [0.1, 0.15) is 23.8 Å². The van der Waals surface area contributed by atoms with Gasteiger partial charge in [-0.1, -0.05) is 37.3 Å². The minimum absolute atomic E-state index is 0.515. The van der Waals surface area contributed by atoms with Crippen LogP contribution < -0.4 is 5.32 Å². The highest BCUT2D eigenvalue weighted by atomic mass is 16.5. The Balaban J connectivity index is 1.75. The molecule has 0 atom stereocenters. The predicted molar refractivity (Wildman–Crippen MR) is 71.0 cm³/mol. The molecule has 1 heterocycles. The number of benzene rings is 1. The summed E-state index contributed by atoms with van der Waals surface area (Å²) in [6.45, 7) is 5.03. The molecule has 0 bridgehead atoms. The Morgan fingerprint density at radius 2 is 1.94 bits per heavy atom. The van der Waals surface area contributed by atoms with Crippen molar-refractivity contribution in [3.8, 4) is 0 Å². The van der Waals surface area contributed by atoms with Crippen LogP contribution in [-0.2, 0) is 24.5 Å². The van der Waals surface area contributed by atoms with Crippen molar-refractivity contribution in [3.05, 3.63) is 59.5 Å². The van der Waals surface area contributed by atoms with Gasteiger partial charge < -0.3 is 14.5 Å². The van der Waals surface area contributed by atoms with E-state index in [1.165, 1.54) is 5.56 Å². The summed E-state index contributed by atoms with van der Waals surface area (Å²) in [5.41, 5.74) is 2.34. The molecule has 0 radical (unpaired) electrons. The summed E-state index contributed by atoms with van der Waals surface area (Å²) in [5.74, 6) is 0.874. The lowest BCUT2D eigenvalue weighted by molar-refractivity contribution is 0.0929. The lowest BCUT2D eigenvalue weighted by Crippen LogP contribution is -2.10. The molecule has 18 heavy (non-hydrogen) atoms. The number of furan rings is 1. The maximum Gasteiger partial charge on any atom is 0.129 e. The molecule has 2 aromatic rings. The van der Waals surface area contributed by atoms with Crippen LogP contribution in [0.15, 0.2) is 47.1 Å². The number of hydrogen-bond donors (Lipinski definition) is 1. The quantitative estimate of drug-likeness (QED) is 0.814. The summed E-state index contributed by atoms with van der Waals surface area (Å²) >= 11 is 0. The lowest BCUT2D eigenvalue weighted by atomic mass is 10.2. The highest BCUT2D eigenvalue weighted by Gasteiger charge is 2.01. The molecule has 0 amide bonds. The zero-order valence-electron chi connectivity index (χ0n) is 10.7. The van der Waals surface area contributed by atoms with Gasteiger partial charge in [0.25, 0.3) is 0 Å². The van der Waals surface area contributed by atoms with Gasteiger partial charge in [0.05, 0.1) is 12.9 Å². The summed E-state index contributed by atoms with van der Waals surface area (Å²) < 4.78 is 11.0. The van der Waals surface area contributed by atoms with Crippen molar-refractivity contribution < 1.29 is 9.15 Å². The molecule has 0 fully saturated rings. The number of ether oxygens (including phenoxy) is 1. The third kappa shape index (κ3) is 4.02. The van der Waals surface area contributed by atoms with Crippen LogP contribution in [-0.4, -0.2) is 6.54 Å². The van der Waals surface area contributed by atoms with Gasteiger partial charge >= 0.3 is 0 Å². The molecule has 0 saturated carbocycles. The monoisotopic (exact) mass is 245 g/mol. The standard InChI is InChI=1S/C15H19NO2/c1-2-16-9-14-8-15(18-11-14)12-17-10-13-6-4-3-5-7-13/h3-8,11,16H,2,9-10,12H2,1H3. The molecule has 96 valence electrons. The van der Waals surface area contributed by atoms with E-state index in [1.54, 1.807) is 6.26 Å². The summed E-state index contributed by atoms with van der Waals surface area (Å²) in [4.78, 5) is 0. The molecule has 0 saturated heterocycles. The summed E-state index contributed by atoms with van der Waals surface area (Å²) in [6.07, 6.45) is 1.78. The molecule has 3 nitrogen and oxygen atoms in total. The van der Waals surface area contributed by atoms with Gasteiger partial charge in [-0.3, -0.25) is 0 Å².